The molecule has 3 rings (SSSR count). The van der Waals surface area contributed by atoms with Gasteiger partial charge in [0.05, 0.1) is 12.6 Å². The first-order valence-electron chi connectivity index (χ1n) is 8.76. The average molecular weight is 368 g/mol. The molecule has 1 aromatic heterocycles. The lowest BCUT2D eigenvalue weighted by Crippen LogP contribution is -2.27. The first kappa shape index (κ1) is 18.6. The molecule has 1 heterocycles. The fourth-order valence-electron chi connectivity index (χ4n) is 2.91. The van der Waals surface area contributed by atoms with Crippen LogP contribution in [0.25, 0.3) is 10.9 Å². The van der Waals surface area contributed by atoms with Gasteiger partial charge in [0.25, 0.3) is 5.56 Å². The van der Waals surface area contributed by atoms with Crippen LogP contribution in [0.1, 0.15) is 17.5 Å². The van der Waals surface area contributed by atoms with Crippen molar-refractivity contribution >= 4 is 16.8 Å². The van der Waals surface area contributed by atoms with E-state index in [1.807, 2.05) is 18.2 Å². The molecule has 2 aromatic carbocycles. The Morgan fingerprint density at radius 2 is 2.00 bits per heavy atom. The minimum atomic E-state index is -0.305. The summed E-state index contributed by atoms with van der Waals surface area (Å²) < 4.78 is 18.3. The smallest absolute Gasteiger partial charge is 0.251 e. The summed E-state index contributed by atoms with van der Waals surface area (Å²) in [5.41, 5.74) is 1.93. The summed E-state index contributed by atoms with van der Waals surface area (Å²) in [5, 5.41) is 3.71. The molecule has 0 aliphatic carbocycles. The molecule has 140 valence electrons. The highest BCUT2D eigenvalue weighted by molar-refractivity contribution is 5.80. The third-order valence-corrected chi connectivity index (χ3v) is 4.38. The van der Waals surface area contributed by atoms with E-state index in [9.17, 15) is 14.0 Å². The molecule has 0 atom stereocenters. The number of aromatic nitrogens is 1. The number of ether oxygens (including phenoxy) is 1. The summed E-state index contributed by atoms with van der Waals surface area (Å²) in [6.45, 7) is 0.368. The number of amides is 1. The van der Waals surface area contributed by atoms with Gasteiger partial charge in [-0.25, -0.2) is 4.39 Å². The molecule has 0 unspecified atom stereocenters. The number of benzene rings is 2. The molecule has 0 saturated carbocycles. The monoisotopic (exact) mass is 368 g/mol. The maximum atomic E-state index is 13.1. The molecule has 0 spiro atoms. The average Bonchev–Trinajstić information content (AvgIpc) is 2.66. The lowest BCUT2D eigenvalue weighted by Gasteiger charge is -2.07. The van der Waals surface area contributed by atoms with Gasteiger partial charge in [0, 0.05) is 24.6 Å². The minimum Gasteiger partial charge on any atom is -0.497 e. The molecule has 0 aliphatic rings. The molecule has 5 nitrogen and oxygen atoms in total. The van der Waals surface area contributed by atoms with E-state index in [0.29, 0.717) is 36.2 Å². The normalized spacial score (nSPS) is 10.7. The van der Waals surface area contributed by atoms with E-state index in [-0.39, 0.29) is 23.7 Å². The lowest BCUT2D eigenvalue weighted by atomic mass is 10.1. The maximum absolute atomic E-state index is 13.1. The number of fused-ring (bicyclic) bond motifs is 1. The number of pyridine rings is 1. The summed E-state index contributed by atoms with van der Waals surface area (Å²) in [7, 11) is 1.57. The Kier molecular flexibility index (Phi) is 5.86. The number of carbonyl (C=O) groups excluding carboxylic acids is 1. The predicted octanol–water partition coefficient (Wildman–Crippen LogP) is 2.97. The van der Waals surface area contributed by atoms with Crippen LogP contribution in [0.3, 0.4) is 0 Å². The van der Waals surface area contributed by atoms with E-state index in [1.165, 1.54) is 12.1 Å². The molecule has 2 N–H and O–H groups in total. The summed E-state index contributed by atoms with van der Waals surface area (Å²) >= 11 is 0. The third kappa shape index (κ3) is 4.94. The standard InChI is InChI=1S/C21H21FN2O3/c1-27-18-7-6-15-12-16(21(26)24-19(15)13-18)9-10-23-20(25)8-5-14-3-2-4-17(22)11-14/h2-4,6-7,11-13H,5,8-10H2,1H3,(H,23,25)(H,24,26). The number of halogens is 1. The van der Waals surface area contributed by atoms with Crippen LogP contribution in [0.2, 0.25) is 0 Å². The topological polar surface area (TPSA) is 71.2 Å². The van der Waals surface area contributed by atoms with Crippen LogP contribution in [0, 0.1) is 5.82 Å². The van der Waals surface area contributed by atoms with Crippen LogP contribution in [0.15, 0.2) is 53.3 Å². The molecule has 1 amide bonds. The summed E-state index contributed by atoms with van der Waals surface area (Å²) in [4.78, 5) is 27.0. The van der Waals surface area contributed by atoms with E-state index >= 15 is 0 Å². The number of rotatable bonds is 7. The minimum absolute atomic E-state index is 0.124. The number of methoxy groups -OCH3 is 1. The molecule has 0 radical (unpaired) electrons. The van der Waals surface area contributed by atoms with Crippen LogP contribution < -0.4 is 15.6 Å². The molecule has 0 fully saturated rings. The van der Waals surface area contributed by atoms with Crippen molar-refractivity contribution in [3.63, 3.8) is 0 Å². The highest BCUT2D eigenvalue weighted by atomic mass is 19.1. The molecule has 3 aromatic rings. The molecule has 0 aliphatic heterocycles. The summed E-state index contributed by atoms with van der Waals surface area (Å²) in [6.07, 6.45) is 1.18. The molecular weight excluding hydrogens is 347 g/mol. The van der Waals surface area contributed by atoms with Gasteiger partial charge in [-0.2, -0.15) is 0 Å². The van der Waals surface area contributed by atoms with Crippen LogP contribution in [0.4, 0.5) is 4.39 Å². The fourth-order valence-corrected chi connectivity index (χ4v) is 2.91. The second kappa shape index (κ2) is 8.49. The number of H-pyrrole nitrogens is 1. The Morgan fingerprint density at radius 3 is 2.78 bits per heavy atom. The van der Waals surface area contributed by atoms with Gasteiger partial charge in [-0.15, -0.1) is 0 Å². The van der Waals surface area contributed by atoms with Crippen molar-refractivity contribution in [2.75, 3.05) is 13.7 Å². The Hall–Kier alpha value is -3.15. The SMILES string of the molecule is COc1ccc2cc(CCNC(=O)CCc3cccc(F)c3)c(=O)[nH]c2c1. The van der Waals surface area contributed by atoms with Crippen molar-refractivity contribution in [2.45, 2.75) is 19.3 Å². The summed E-state index contributed by atoms with van der Waals surface area (Å²) in [5.74, 6) is 0.249. The highest BCUT2D eigenvalue weighted by Crippen LogP contribution is 2.18. The second-order valence-electron chi connectivity index (χ2n) is 6.31. The molecular formula is C21H21FN2O3. The van der Waals surface area contributed by atoms with Gasteiger partial charge in [0.2, 0.25) is 5.91 Å². The van der Waals surface area contributed by atoms with Crippen molar-refractivity contribution in [1.82, 2.24) is 10.3 Å². The summed E-state index contributed by atoms with van der Waals surface area (Å²) in [6, 6.07) is 13.5. The van der Waals surface area contributed by atoms with Gasteiger partial charge in [0.1, 0.15) is 11.6 Å². The predicted molar refractivity (Wildman–Crippen MR) is 103 cm³/mol. The molecule has 6 heteroatoms. The van der Waals surface area contributed by atoms with E-state index in [0.717, 1.165) is 10.9 Å². The lowest BCUT2D eigenvalue weighted by molar-refractivity contribution is -0.121. The van der Waals surface area contributed by atoms with Crippen molar-refractivity contribution in [3.8, 4) is 5.75 Å². The Balaban J connectivity index is 1.54. The molecule has 27 heavy (non-hydrogen) atoms. The van der Waals surface area contributed by atoms with Crippen LogP contribution in [-0.4, -0.2) is 24.5 Å². The third-order valence-electron chi connectivity index (χ3n) is 4.38. The first-order chi connectivity index (χ1) is 13.0. The van der Waals surface area contributed by atoms with Gasteiger partial charge in [0.15, 0.2) is 0 Å². The van der Waals surface area contributed by atoms with Crippen molar-refractivity contribution in [1.29, 1.82) is 0 Å². The molecule has 0 saturated heterocycles. The van der Waals surface area contributed by atoms with Gasteiger partial charge >= 0.3 is 0 Å². The number of aromatic amines is 1. The number of hydrogen-bond donors (Lipinski definition) is 2. The number of aryl methyl sites for hydroxylation is 1. The van der Waals surface area contributed by atoms with Crippen LogP contribution in [0.5, 0.6) is 5.75 Å². The van der Waals surface area contributed by atoms with Gasteiger partial charge in [-0.05, 0) is 54.1 Å². The highest BCUT2D eigenvalue weighted by Gasteiger charge is 2.06. The van der Waals surface area contributed by atoms with Crippen LogP contribution >= 0.6 is 0 Å². The second-order valence-corrected chi connectivity index (χ2v) is 6.31. The largest absolute Gasteiger partial charge is 0.497 e. The van der Waals surface area contributed by atoms with Crippen LogP contribution in [-0.2, 0) is 17.6 Å². The zero-order valence-electron chi connectivity index (χ0n) is 15.0. The van der Waals surface area contributed by atoms with Crippen molar-refractivity contribution < 1.29 is 13.9 Å². The zero-order valence-corrected chi connectivity index (χ0v) is 15.0. The van der Waals surface area contributed by atoms with Gasteiger partial charge in [-0.1, -0.05) is 12.1 Å². The van der Waals surface area contributed by atoms with E-state index in [4.69, 9.17) is 4.74 Å². The first-order valence-corrected chi connectivity index (χ1v) is 8.76. The molecule has 0 bridgehead atoms. The van der Waals surface area contributed by atoms with E-state index < -0.39 is 0 Å². The maximum Gasteiger partial charge on any atom is 0.251 e. The number of carbonyl (C=O) groups is 1. The Morgan fingerprint density at radius 1 is 1.15 bits per heavy atom. The Bertz CT molecular complexity index is 1010. The Labute approximate surface area is 156 Å². The van der Waals surface area contributed by atoms with Gasteiger partial charge in [-0.3, -0.25) is 9.59 Å². The van der Waals surface area contributed by atoms with E-state index in [1.54, 1.807) is 25.3 Å². The quantitative estimate of drug-likeness (QED) is 0.674. The number of nitrogens with one attached hydrogen (secondary N) is 2. The van der Waals surface area contributed by atoms with Gasteiger partial charge < -0.3 is 15.0 Å². The fraction of sp³-hybridized carbons (Fsp3) is 0.238. The van der Waals surface area contributed by atoms with Crippen molar-refractivity contribution in [2.24, 2.45) is 0 Å². The van der Waals surface area contributed by atoms with Crippen molar-refractivity contribution in [3.05, 3.63) is 75.8 Å². The zero-order chi connectivity index (χ0) is 19.2. The number of hydrogen-bond acceptors (Lipinski definition) is 3. The van der Waals surface area contributed by atoms with E-state index in [2.05, 4.69) is 10.3 Å².